The van der Waals surface area contributed by atoms with Crippen molar-refractivity contribution in [2.24, 2.45) is 0 Å². The number of hydrogen-bond donors (Lipinski definition) is 3. The maximum absolute atomic E-state index is 11.4. The van der Waals surface area contributed by atoms with Crippen molar-refractivity contribution in [3.05, 3.63) is 53.8 Å². The van der Waals surface area contributed by atoms with Gasteiger partial charge in [-0.3, -0.25) is 4.79 Å². The van der Waals surface area contributed by atoms with Gasteiger partial charge in [0.25, 0.3) is 0 Å². The molecule has 0 atom stereocenters. The molecule has 0 fully saturated rings. The van der Waals surface area contributed by atoms with Gasteiger partial charge in [0.15, 0.2) is 0 Å². The van der Waals surface area contributed by atoms with E-state index in [0.717, 1.165) is 60.6 Å². The highest BCUT2D eigenvalue weighted by Gasteiger charge is 2.03. The number of hydrogen-bond acceptors (Lipinski definition) is 5. The molecule has 0 saturated carbocycles. The highest BCUT2D eigenvalue weighted by molar-refractivity contribution is 7.80. The van der Waals surface area contributed by atoms with Gasteiger partial charge in [0.2, 0.25) is 5.56 Å². The summed E-state index contributed by atoms with van der Waals surface area (Å²) in [7, 11) is 0. The second-order valence-corrected chi connectivity index (χ2v) is 6.31. The summed E-state index contributed by atoms with van der Waals surface area (Å²) in [6, 6.07) is 9.13. The van der Waals surface area contributed by atoms with Crippen LogP contribution in [0.3, 0.4) is 0 Å². The van der Waals surface area contributed by atoms with E-state index in [1.54, 1.807) is 0 Å². The number of rotatable bonds is 10. The molecule has 0 unspecified atom stereocenters. The van der Waals surface area contributed by atoms with Crippen LogP contribution in [0.1, 0.15) is 40.5 Å². The van der Waals surface area contributed by atoms with Gasteiger partial charge < -0.3 is 14.6 Å². The van der Waals surface area contributed by atoms with Crippen LogP contribution in [-0.4, -0.2) is 47.6 Å². The number of ether oxygens (including phenoxy) is 1. The van der Waals surface area contributed by atoms with Gasteiger partial charge in [-0.05, 0) is 43.0 Å². The van der Waals surface area contributed by atoms with E-state index in [2.05, 4.69) is 61.1 Å². The van der Waals surface area contributed by atoms with Crippen molar-refractivity contribution in [1.29, 1.82) is 0 Å². The summed E-state index contributed by atoms with van der Waals surface area (Å²) in [4.78, 5) is 16.5. The zero-order chi connectivity index (χ0) is 24.5. The molecule has 0 saturated heterocycles. The van der Waals surface area contributed by atoms with E-state index >= 15 is 0 Å². The molecule has 1 aromatic carbocycles. The van der Waals surface area contributed by atoms with E-state index in [4.69, 9.17) is 4.74 Å². The van der Waals surface area contributed by atoms with Gasteiger partial charge in [-0.2, -0.15) is 25.3 Å². The minimum absolute atomic E-state index is 0.0943. The number of fused-ring (bicyclic) bond motifs is 1. The summed E-state index contributed by atoms with van der Waals surface area (Å²) in [5.41, 5.74) is 0.715. The number of nitrogens with one attached hydrogen (secondary N) is 1. The van der Waals surface area contributed by atoms with Gasteiger partial charge >= 0.3 is 0 Å². The van der Waals surface area contributed by atoms with Crippen LogP contribution in [0.5, 0.6) is 5.75 Å². The van der Waals surface area contributed by atoms with Gasteiger partial charge in [0.1, 0.15) is 5.75 Å². The Labute approximate surface area is 201 Å². The number of pyridine rings is 1. The average Bonchev–Trinajstić information content (AvgIpc) is 2.84. The van der Waals surface area contributed by atoms with Crippen LogP contribution >= 0.6 is 25.3 Å². The Kier molecular flexibility index (Phi) is 28.6. The number of H-pyrrole nitrogens is 1. The van der Waals surface area contributed by atoms with Crippen molar-refractivity contribution in [1.82, 2.24) is 9.88 Å². The maximum Gasteiger partial charge on any atom is 0.248 e. The van der Waals surface area contributed by atoms with Crippen molar-refractivity contribution in [2.45, 2.75) is 40.5 Å². The molecule has 1 aromatic heterocycles. The largest absolute Gasteiger partial charge is 0.494 e. The lowest BCUT2D eigenvalue weighted by molar-refractivity contribution is 0.269. The molecule has 0 bridgehead atoms. The monoisotopic (exact) mass is 466 g/mol. The van der Waals surface area contributed by atoms with Crippen LogP contribution in [0.2, 0.25) is 0 Å². The van der Waals surface area contributed by atoms with Gasteiger partial charge in [0, 0.05) is 36.7 Å². The Hall–Kier alpha value is -1.81. The Bertz CT molecular complexity index is 711. The molecule has 0 spiro atoms. The molecule has 31 heavy (non-hydrogen) atoms. The molecule has 2 rings (SSSR count). The fraction of sp³-hybridized carbons (Fsp3) is 0.480. The fourth-order valence-electron chi connectivity index (χ4n) is 2.46. The third-order valence-electron chi connectivity index (χ3n) is 3.67. The fourth-order valence-corrected chi connectivity index (χ4v) is 3.03. The first-order chi connectivity index (χ1) is 15.2. The molecule has 0 amide bonds. The van der Waals surface area contributed by atoms with Crippen molar-refractivity contribution in [2.75, 3.05) is 37.7 Å². The first-order valence-electron chi connectivity index (χ1n) is 10.8. The number of thiol groups is 2. The molecule has 2 aromatic rings. The second-order valence-electron chi connectivity index (χ2n) is 5.42. The molecule has 1 N–H and O–H groups in total. The van der Waals surface area contributed by atoms with E-state index in [1.807, 2.05) is 52.0 Å². The van der Waals surface area contributed by atoms with Crippen LogP contribution in [0, 0.1) is 12.8 Å². The van der Waals surface area contributed by atoms with Crippen molar-refractivity contribution < 1.29 is 4.74 Å². The summed E-state index contributed by atoms with van der Waals surface area (Å²) in [5.74, 6) is 2.54. The highest BCUT2D eigenvalue weighted by atomic mass is 32.1. The smallest absolute Gasteiger partial charge is 0.248 e. The van der Waals surface area contributed by atoms with Crippen molar-refractivity contribution in [3.8, 4) is 18.6 Å². The first-order valence-corrected chi connectivity index (χ1v) is 12.0. The lowest BCUT2D eigenvalue weighted by Gasteiger charge is -2.20. The molecule has 1 heterocycles. The van der Waals surface area contributed by atoms with Gasteiger partial charge in [-0.25, -0.2) is 0 Å². The van der Waals surface area contributed by atoms with E-state index in [-0.39, 0.29) is 5.56 Å². The third kappa shape index (κ3) is 16.5. The molecule has 0 aliphatic rings. The number of aromatic nitrogens is 1. The maximum atomic E-state index is 11.4. The summed E-state index contributed by atoms with van der Waals surface area (Å²) in [6.07, 6.45) is 10.1. The van der Waals surface area contributed by atoms with E-state index < -0.39 is 0 Å². The Morgan fingerprint density at radius 2 is 1.48 bits per heavy atom. The quantitative estimate of drug-likeness (QED) is 0.175. The van der Waals surface area contributed by atoms with Crippen LogP contribution in [-0.2, 0) is 0 Å². The predicted molar refractivity (Wildman–Crippen MR) is 147 cm³/mol. The summed E-state index contributed by atoms with van der Waals surface area (Å²) in [6.45, 7) is 17.7. The Morgan fingerprint density at radius 1 is 0.935 bits per heavy atom. The predicted octanol–water partition coefficient (Wildman–Crippen LogP) is 5.95. The number of terminal acetylenes is 1. The zero-order valence-corrected chi connectivity index (χ0v) is 21.6. The average molecular weight is 467 g/mol. The Morgan fingerprint density at radius 3 is 2.03 bits per heavy atom. The summed E-state index contributed by atoms with van der Waals surface area (Å²) in [5, 5.41) is 1.01. The molecule has 4 nitrogen and oxygen atoms in total. The van der Waals surface area contributed by atoms with Crippen LogP contribution in [0.15, 0.2) is 48.3 Å². The third-order valence-corrected chi connectivity index (χ3v) is 4.07. The molecule has 6 heteroatoms. The topological polar surface area (TPSA) is 45.3 Å². The van der Waals surface area contributed by atoms with E-state index in [1.165, 1.54) is 6.07 Å². The molecular weight excluding hydrogens is 424 g/mol. The Balaban J connectivity index is -0.000000879. The minimum Gasteiger partial charge on any atom is -0.494 e. The molecule has 0 aliphatic carbocycles. The van der Waals surface area contributed by atoms with Crippen LogP contribution < -0.4 is 10.3 Å². The second kappa shape index (κ2) is 26.2. The molecule has 176 valence electrons. The van der Waals surface area contributed by atoms with E-state index in [9.17, 15) is 4.79 Å². The first kappa shape index (κ1) is 33.8. The normalized spacial score (nSPS) is 8.94. The number of nitrogens with zero attached hydrogens (tertiary/aromatic N) is 1. The summed E-state index contributed by atoms with van der Waals surface area (Å²) < 4.78 is 5.78. The lowest BCUT2D eigenvalue weighted by Crippen LogP contribution is -2.29. The lowest BCUT2D eigenvalue weighted by atomic mass is 10.2. The molecular formula is C25H42N2O2S2. The van der Waals surface area contributed by atoms with E-state index in [0.29, 0.717) is 6.61 Å². The summed E-state index contributed by atoms with van der Waals surface area (Å²) >= 11 is 8.57. The van der Waals surface area contributed by atoms with Crippen LogP contribution in [0.4, 0.5) is 0 Å². The molecule has 0 radical (unpaired) electrons. The number of benzene rings is 1. The van der Waals surface area contributed by atoms with Gasteiger partial charge in [0.05, 0.1) is 12.1 Å². The van der Waals surface area contributed by atoms with Gasteiger partial charge in [-0.1, -0.05) is 27.7 Å². The highest BCUT2D eigenvalue weighted by Crippen LogP contribution is 2.18. The minimum atomic E-state index is -0.0943. The number of aromatic amines is 1. The molecule has 0 aliphatic heterocycles. The number of unbranched alkanes of at least 4 members (excludes halogenated alkanes) is 1. The SMILES string of the molecule is C#C.C=C.CC.CC.O=c1ccc2ccc(OCCCCN(CCS)CCS)cc2[nH]1. The van der Waals surface area contributed by atoms with Crippen LogP contribution in [0.25, 0.3) is 10.9 Å². The van der Waals surface area contributed by atoms with Crippen molar-refractivity contribution in [3.63, 3.8) is 0 Å². The van der Waals surface area contributed by atoms with Crippen molar-refractivity contribution >= 4 is 36.2 Å². The zero-order valence-electron chi connectivity index (χ0n) is 19.8. The standard InChI is InChI=1S/C17H24N2O2S2.2C2H6.C2H4.C2H2/c20-17-6-4-14-3-5-15(13-16(14)18-17)21-10-2-1-7-19(8-11-22)9-12-23;4*1-2/h3-6,13,22-23H,1-2,7-12H2,(H,18,20);2*1-2H3;1-2H2;1-2H. The van der Waals surface area contributed by atoms with Gasteiger partial charge in [-0.15, -0.1) is 26.0 Å².